The third kappa shape index (κ3) is 4.76. The molecule has 3 fully saturated rings. The van der Waals surface area contributed by atoms with Crippen LogP contribution in [-0.2, 0) is 0 Å². The van der Waals surface area contributed by atoms with Gasteiger partial charge in [0.15, 0.2) is 0 Å². The van der Waals surface area contributed by atoms with Crippen molar-refractivity contribution in [3.05, 3.63) is 48.2 Å². The average molecular weight is 463 g/mol. The topological polar surface area (TPSA) is 112 Å². The maximum atomic E-state index is 13.0. The number of aromatic nitrogens is 2. The fourth-order valence-electron chi connectivity index (χ4n) is 4.82. The van der Waals surface area contributed by atoms with Crippen molar-refractivity contribution >= 4 is 28.2 Å². The van der Waals surface area contributed by atoms with Gasteiger partial charge in [-0.3, -0.25) is 4.79 Å². The number of ether oxygens (including phenoxy) is 1. The van der Waals surface area contributed by atoms with E-state index in [-0.39, 0.29) is 23.4 Å². The van der Waals surface area contributed by atoms with Crippen molar-refractivity contribution in [3.63, 3.8) is 0 Å². The zero-order valence-electron chi connectivity index (χ0n) is 19.3. The van der Waals surface area contributed by atoms with E-state index in [1.54, 1.807) is 12.1 Å². The second-order valence-corrected chi connectivity index (χ2v) is 8.87. The van der Waals surface area contributed by atoms with Gasteiger partial charge in [0.2, 0.25) is 0 Å². The van der Waals surface area contributed by atoms with Crippen LogP contribution in [0.2, 0.25) is 0 Å². The van der Waals surface area contributed by atoms with E-state index in [1.807, 2.05) is 24.3 Å². The molecule has 0 aliphatic carbocycles. The number of piperazine rings is 1. The molecule has 3 saturated heterocycles. The predicted octanol–water partition coefficient (Wildman–Crippen LogP) is 2.52. The molecule has 0 spiro atoms. The van der Waals surface area contributed by atoms with Gasteiger partial charge in [0, 0.05) is 42.7 Å². The minimum absolute atomic E-state index is 0.0838. The summed E-state index contributed by atoms with van der Waals surface area (Å²) in [5.74, 6) is 0.391. The molecule has 2 aromatic carbocycles. The van der Waals surface area contributed by atoms with Crippen molar-refractivity contribution in [2.24, 2.45) is 0 Å². The van der Waals surface area contributed by atoms with Gasteiger partial charge >= 0.3 is 6.01 Å². The molecular formula is C25H30N6O3. The molecule has 2 atom stereocenters. The Morgan fingerprint density at radius 2 is 2.00 bits per heavy atom. The van der Waals surface area contributed by atoms with Crippen LogP contribution in [0.3, 0.4) is 0 Å². The summed E-state index contributed by atoms with van der Waals surface area (Å²) >= 11 is 0. The summed E-state index contributed by atoms with van der Waals surface area (Å²) < 4.78 is 5.24. The number of carbonyl (C=O) groups excluding carboxylic acids is 1. The molecule has 2 unspecified atom stereocenters. The van der Waals surface area contributed by atoms with Crippen LogP contribution in [0.25, 0.3) is 10.8 Å². The van der Waals surface area contributed by atoms with Gasteiger partial charge in [0.25, 0.3) is 5.91 Å². The number of hydrogen-bond donors (Lipinski definition) is 4. The van der Waals surface area contributed by atoms with Crippen LogP contribution in [0.15, 0.2) is 42.5 Å². The van der Waals surface area contributed by atoms with Crippen LogP contribution in [-0.4, -0.2) is 66.4 Å². The van der Waals surface area contributed by atoms with Crippen LogP contribution in [0.1, 0.15) is 29.8 Å². The normalized spacial score (nSPS) is 20.8. The quantitative estimate of drug-likeness (QED) is 0.468. The second-order valence-electron chi connectivity index (χ2n) is 8.87. The van der Waals surface area contributed by atoms with Crippen molar-refractivity contribution in [2.45, 2.75) is 31.3 Å². The van der Waals surface area contributed by atoms with Crippen LogP contribution < -0.4 is 25.6 Å². The number of phenolic OH excluding ortho intramolecular Hbond substituents is 1. The number of rotatable bonds is 4. The minimum atomic E-state index is -0.384. The molecular weight excluding hydrogens is 432 g/mol. The first kappa shape index (κ1) is 22.4. The Morgan fingerprint density at radius 1 is 1.18 bits per heavy atom. The lowest BCUT2D eigenvalue weighted by atomic mass is 10.1. The molecule has 6 rings (SSSR count). The first-order valence-electron chi connectivity index (χ1n) is 11.8. The highest BCUT2D eigenvalue weighted by Crippen LogP contribution is 2.31. The number of aromatic hydroxyl groups is 1. The molecule has 4 heterocycles. The molecule has 3 aliphatic rings. The van der Waals surface area contributed by atoms with Crippen LogP contribution in [0.4, 0.5) is 11.5 Å². The third-order valence-corrected chi connectivity index (χ3v) is 6.51. The van der Waals surface area contributed by atoms with E-state index in [9.17, 15) is 9.90 Å². The van der Waals surface area contributed by atoms with Crippen molar-refractivity contribution in [1.29, 1.82) is 0 Å². The molecule has 0 saturated carbocycles. The summed E-state index contributed by atoms with van der Waals surface area (Å²) in [6, 6.07) is 13.4. The van der Waals surface area contributed by atoms with Gasteiger partial charge in [0.05, 0.1) is 12.8 Å². The highest BCUT2D eigenvalue weighted by Gasteiger charge is 2.38. The molecule has 1 amide bonds. The molecule has 3 aliphatic heterocycles. The second kappa shape index (κ2) is 9.82. The molecule has 9 heteroatoms. The van der Waals surface area contributed by atoms with Gasteiger partial charge in [-0.15, -0.1) is 0 Å². The Hall–Kier alpha value is -3.43. The zero-order valence-corrected chi connectivity index (χ0v) is 19.3. The number of nitrogens with zero attached hydrogens (tertiary/aromatic N) is 3. The lowest BCUT2D eigenvalue weighted by Gasteiger charge is -2.28. The van der Waals surface area contributed by atoms with Crippen molar-refractivity contribution in [1.82, 2.24) is 20.6 Å². The Balaban J connectivity index is 0.000000429. The first-order valence-corrected chi connectivity index (χ1v) is 11.8. The Labute approximate surface area is 198 Å². The summed E-state index contributed by atoms with van der Waals surface area (Å²) in [4.78, 5) is 23.9. The lowest BCUT2D eigenvalue weighted by molar-refractivity contribution is 0.102. The average Bonchev–Trinajstić information content (AvgIpc) is 3.64. The third-order valence-electron chi connectivity index (χ3n) is 6.51. The molecule has 178 valence electrons. The summed E-state index contributed by atoms with van der Waals surface area (Å²) in [5.41, 5.74) is 0.740. The molecule has 9 nitrogen and oxygen atoms in total. The van der Waals surface area contributed by atoms with Gasteiger partial charge in [-0.1, -0.05) is 24.3 Å². The predicted molar refractivity (Wildman–Crippen MR) is 132 cm³/mol. The maximum absolute atomic E-state index is 13.0. The first-order chi connectivity index (χ1) is 16.6. The SMILES string of the molecule is C1CCNC1.COc1nc(C(=O)Nc2cc(O)cc3ccccc23)cc(N2CC3CC2CN3)n1. The Bertz CT molecular complexity index is 1170. The molecule has 34 heavy (non-hydrogen) atoms. The summed E-state index contributed by atoms with van der Waals surface area (Å²) in [5, 5.41) is 21.2. The largest absolute Gasteiger partial charge is 0.508 e. The molecule has 3 aromatic rings. The van der Waals surface area contributed by atoms with Crippen LogP contribution >= 0.6 is 0 Å². The van der Waals surface area contributed by atoms with E-state index in [0.29, 0.717) is 23.6 Å². The number of benzene rings is 2. The fraction of sp³-hybridized carbons (Fsp3) is 0.400. The number of fused-ring (bicyclic) bond motifs is 3. The van der Waals surface area contributed by atoms with E-state index in [1.165, 1.54) is 39.1 Å². The van der Waals surface area contributed by atoms with Gasteiger partial charge in [-0.2, -0.15) is 9.97 Å². The standard InChI is InChI=1S/C21H21N5O3.C4H9N/c1-29-21-24-18(9-19(25-21)26-11-13-7-14(26)10-22-13)20(28)23-17-8-15(27)6-12-4-2-3-5-16(12)17;1-2-4-5-3-1/h2-6,8-9,13-14,22,27H,7,10-11H2,1H3,(H,23,28);5H,1-4H2. The van der Waals surface area contributed by atoms with Gasteiger partial charge in [0.1, 0.15) is 17.3 Å². The molecule has 2 bridgehead atoms. The zero-order chi connectivity index (χ0) is 23.5. The number of anilines is 2. The van der Waals surface area contributed by atoms with Gasteiger partial charge in [-0.05, 0) is 43.8 Å². The fourth-order valence-corrected chi connectivity index (χ4v) is 4.82. The highest BCUT2D eigenvalue weighted by atomic mass is 16.5. The smallest absolute Gasteiger partial charge is 0.318 e. The number of carbonyl (C=O) groups is 1. The van der Waals surface area contributed by atoms with Crippen molar-refractivity contribution in [2.75, 3.05) is 43.5 Å². The minimum Gasteiger partial charge on any atom is -0.508 e. The number of phenols is 1. The van der Waals surface area contributed by atoms with Gasteiger partial charge in [-0.25, -0.2) is 0 Å². The molecule has 1 aromatic heterocycles. The monoisotopic (exact) mass is 462 g/mol. The van der Waals surface area contributed by atoms with E-state index >= 15 is 0 Å². The van der Waals surface area contributed by atoms with Crippen molar-refractivity contribution < 1.29 is 14.6 Å². The van der Waals surface area contributed by atoms with E-state index in [2.05, 4.69) is 30.8 Å². The highest BCUT2D eigenvalue weighted by molar-refractivity contribution is 6.09. The van der Waals surface area contributed by atoms with Crippen LogP contribution in [0.5, 0.6) is 11.8 Å². The number of methoxy groups -OCH3 is 1. The molecule has 4 N–H and O–H groups in total. The summed E-state index contributed by atoms with van der Waals surface area (Å²) in [6.07, 6.45) is 3.85. The van der Waals surface area contributed by atoms with E-state index in [4.69, 9.17) is 4.74 Å². The van der Waals surface area contributed by atoms with Crippen molar-refractivity contribution in [3.8, 4) is 11.8 Å². The molecule has 0 radical (unpaired) electrons. The summed E-state index contributed by atoms with van der Waals surface area (Å²) in [7, 11) is 1.49. The Kier molecular flexibility index (Phi) is 6.46. The van der Waals surface area contributed by atoms with Crippen LogP contribution in [0, 0.1) is 0 Å². The summed E-state index contributed by atoms with van der Waals surface area (Å²) in [6.45, 7) is 4.26. The lowest BCUT2D eigenvalue weighted by Crippen LogP contribution is -2.44. The number of hydrogen-bond acceptors (Lipinski definition) is 8. The number of amides is 1. The Morgan fingerprint density at radius 3 is 2.68 bits per heavy atom. The van der Waals surface area contributed by atoms with E-state index < -0.39 is 0 Å². The maximum Gasteiger partial charge on any atom is 0.318 e. The van der Waals surface area contributed by atoms with E-state index in [0.717, 1.165) is 30.3 Å². The number of nitrogens with one attached hydrogen (secondary N) is 3. The van der Waals surface area contributed by atoms with Gasteiger partial charge < -0.3 is 30.7 Å².